The topological polar surface area (TPSA) is 67.6 Å². The second-order valence-electron chi connectivity index (χ2n) is 5.23. The summed E-state index contributed by atoms with van der Waals surface area (Å²) in [6, 6.07) is 7.81. The van der Waals surface area contributed by atoms with Crippen LogP contribution in [0.4, 0.5) is 5.69 Å². The third-order valence-corrected chi connectivity index (χ3v) is 3.68. The molecule has 0 aliphatic carbocycles. The Labute approximate surface area is 144 Å². The molecule has 1 aromatic rings. The molecule has 1 fully saturated rings. The summed E-state index contributed by atoms with van der Waals surface area (Å²) in [6.07, 6.45) is 1.85. The van der Waals surface area contributed by atoms with Crippen molar-refractivity contribution in [2.75, 3.05) is 25.1 Å². The molecule has 22 heavy (non-hydrogen) atoms. The van der Waals surface area contributed by atoms with Crippen molar-refractivity contribution in [2.24, 2.45) is 5.73 Å². The highest BCUT2D eigenvalue weighted by Crippen LogP contribution is 2.29. The van der Waals surface area contributed by atoms with Gasteiger partial charge in [-0.15, -0.1) is 24.8 Å². The molecule has 1 aliphatic rings. The van der Waals surface area contributed by atoms with Gasteiger partial charge in [-0.05, 0) is 31.9 Å². The van der Waals surface area contributed by atoms with Crippen molar-refractivity contribution in [3.05, 3.63) is 24.3 Å². The monoisotopic (exact) mass is 349 g/mol. The minimum atomic E-state index is -0.442. The van der Waals surface area contributed by atoms with Crippen LogP contribution in [0.15, 0.2) is 24.3 Å². The van der Waals surface area contributed by atoms with E-state index >= 15 is 0 Å². The summed E-state index contributed by atoms with van der Waals surface area (Å²) in [5.74, 6) is 0.825. The highest BCUT2D eigenvalue weighted by atomic mass is 35.5. The maximum absolute atomic E-state index is 11.6. The van der Waals surface area contributed by atoms with E-state index in [0.29, 0.717) is 0 Å². The van der Waals surface area contributed by atoms with Crippen molar-refractivity contribution < 1.29 is 9.53 Å². The van der Waals surface area contributed by atoms with Gasteiger partial charge in [0, 0.05) is 19.1 Å². The summed E-state index contributed by atoms with van der Waals surface area (Å²) in [5.41, 5.74) is 6.69. The van der Waals surface area contributed by atoms with Gasteiger partial charge in [0.2, 0.25) is 5.91 Å². The van der Waals surface area contributed by atoms with Gasteiger partial charge in [-0.3, -0.25) is 4.79 Å². The van der Waals surface area contributed by atoms with Gasteiger partial charge in [0.25, 0.3) is 0 Å². The lowest BCUT2D eigenvalue weighted by atomic mass is 10.0. The second kappa shape index (κ2) is 9.77. The highest BCUT2D eigenvalue weighted by Gasteiger charge is 2.23. The Balaban J connectivity index is 0.00000220. The van der Waals surface area contributed by atoms with Crippen molar-refractivity contribution in [2.45, 2.75) is 31.8 Å². The van der Waals surface area contributed by atoms with E-state index in [2.05, 4.69) is 16.3 Å². The van der Waals surface area contributed by atoms with E-state index in [9.17, 15) is 4.79 Å². The minimum Gasteiger partial charge on any atom is -0.495 e. The molecule has 0 saturated carbocycles. The number of nitrogens with one attached hydrogen (secondary N) is 1. The molecule has 2 rings (SSSR count). The van der Waals surface area contributed by atoms with Crippen LogP contribution in [0, 0.1) is 0 Å². The van der Waals surface area contributed by atoms with Gasteiger partial charge >= 0.3 is 0 Å². The van der Waals surface area contributed by atoms with Gasteiger partial charge in [0.05, 0.1) is 18.8 Å². The number of para-hydroxylation sites is 2. The second-order valence-corrected chi connectivity index (χ2v) is 5.23. The minimum absolute atomic E-state index is 0. The van der Waals surface area contributed by atoms with Gasteiger partial charge < -0.3 is 20.7 Å². The molecule has 1 saturated heterocycles. The van der Waals surface area contributed by atoms with Crippen LogP contribution in [0.1, 0.15) is 19.8 Å². The summed E-state index contributed by atoms with van der Waals surface area (Å²) in [7, 11) is 1.69. The summed E-state index contributed by atoms with van der Waals surface area (Å²) < 4.78 is 5.39. The molecular formula is C15H25Cl2N3O2. The molecule has 1 aliphatic heterocycles. The van der Waals surface area contributed by atoms with E-state index in [-0.39, 0.29) is 36.8 Å². The number of nitrogens with zero attached hydrogens (tertiary/aromatic N) is 1. The fraction of sp³-hybridized carbons (Fsp3) is 0.533. The van der Waals surface area contributed by atoms with Crippen LogP contribution < -0.4 is 20.7 Å². The molecule has 1 amide bonds. The molecule has 0 aromatic heterocycles. The zero-order chi connectivity index (χ0) is 14.5. The molecule has 0 bridgehead atoms. The summed E-state index contributed by atoms with van der Waals surface area (Å²) >= 11 is 0. The number of amides is 1. The third-order valence-electron chi connectivity index (χ3n) is 3.68. The maximum atomic E-state index is 11.6. The molecule has 5 nitrogen and oxygen atoms in total. The average molecular weight is 350 g/mol. The number of carbonyl (C=O) groups is 1. The Morgan fingerprint density at radius 3 is 2.45 bits per heavy atom. The number of rotatable bonds is 4. The van der Waals surface area contributed by atoms with Crippen LogP contribution in [0.25, 0.3) is 0 Å². The van der Waals surface area contributed by atoms with Crippen LogP contribution in [0.5, 0.6) is 5.75 Å². The van der Waals surface area contributed by atoms with Crippen LogP contribution in [-0.2, 0) is 4.79 Å². The van der Waals surface area contributed by atoms with Gasteiger partial charge in [0.1, 0.15) is 5.75 Å². The lowest BCUT2D eigenvalue weighted by Gasteiger charge is -2.34. The molecular weight excluding hydrogens is 325 g/mol. The van der Waals surface area contributed by atoms with E-state index in [1.807, 2.05) is 18.2 Å². The quantitative estimate of drug-likeness (QED) is 0.871. The first kappa shape index (κ1) is 20.8. The van der Waals surface area contributed by atoms with Crippen molar-refractivity contribution in [3.63, 3.8) is 0 Å². The fourth-order valence-electron chi connectivity index (χ4n) is 2.49. The fourth-order valence-corrected chi connectivity index (χ4v) is 2.49. The average Bonchev–Trinajstić information content (AvgIpc) is 2.48. The normalized spacial score (nSPS) is 16.0. The number of hydrogen-bond donors (Lipinski definition) is 2. The predicted octanol–water partition coefficient (Wildman–Crippen LogP) is 1.97. The van der Waals surface area contributed by atoms with Crippen LogP contribution in [0.2, 0.25) is 0 Å². The predicted molar refractivity (Wildman–Crippen MR) is 94.5 cm³/mol. The third kappa shape index (κ3) is 5.23. The first-order chi connectivity index (χ1) is 9.61. The molecule has 0 spiro atoms. The SMILES string of the molecule is COc1ccccc1N1CCC(NC(=O)[C@@H](C)N)CC1.Cl.Cl. The Kier molecular flexibility index (Phi) is 9.25. The molecule has 3 N–H and O–H groups in total. The summed E-state index contributed by atoms with van der Waals surface area (Å²) in [6.45, 7) is 3.52. The standard InChI is InChI=1S/C15H23N3O2.2ClH/c1-11(16)15(19)17-12-7-9-18(10-8-12)13-5-3-4-6-14(13)20-2;;/h3-6,11-12H,7-10,16H2,1-2H3,(H,17,19);2*1H/t11-;;/m1../s1. The number of carbonyl (C=O) groups excluding carboxylic acids is 1. The van der Waals surface area contributed by atoms with Crippen molar-refractivity contribution in [1.82, 2.24) is 5.32 Å². The number of benzene rings is 1. The smallest absolute Gasteiger partial charge is 0.236 e. The van der Waals surface area contributed by atoms with Crippen molar-refractivity contribution >= 4 is 36.4 Å². The lowest BCUT2D eigenvalue weighted by molar-refractivity contribution is -0.122. The Morgan fingerprint density at radius 2 is 1.91 bits per heavy atom. The van der Waals surface area contributed by atoms with Gasteiger partial charge in [-0.2, -0.15) is 0 Å². The lowest BCUT2D eigenvalue weighted by Crippen LogP contribution is -2.48. The Morgan fingerprint density at radius 1 is 1.32 bits per heavy atom. The number of methoxy groups -OCH3 is 1. The van der Waals surface area contributed by atoms with Gasteiger partial charge in [-0.25, -0.2) is 0 Å². The molecule has 1 aromatic carbocycles. The molecule has 0 unspecified atom stereocenters. The number of ether oxygens (including phenoxy) is 1. The van der Waals surface area contributed by atoms with E-state index < -0.39 is 6.04 Å². The number of hydrogen-bond acceptors (Lipinski definition) is 4. The summed E-state index contributed by atoms with van der Waals surface area (Å²) in [4.78, 5) is 13.9. The molecule has 7 heteroatoms. The number of piperidine rings is 1. The molecule has 1 atom stereocenters. The van der Waals surface area contributed by atoms with E-state index in [1.54, 1.807) is 14.0 Å². The molecule has 126 valence electrons. The Hall–Kier alpha value is -1.17. The van der Waals surface area contributed by atoms with E-state index in [0.717, 1.165) is 37.4 Å². The van der Waals surface area contributed by atoms with Crippen molar-refractivity contribution in [3.8, 4) is 5.75 Å². The summed E-state index contributed by atoms with van der Waals surface area (Å²) in [5, 5.41) is 3.00. The van der Waals surface area contributed by atoms with Crippen molar-refractivity contribution in [1.29, 1.82) is 0 Å². The first-order valence-corrected chi connectivity index (χ1v) is 7.05. The largest absolute Gasteiger partial charge is 0.495 e. The van der Waals surface area contributed by atoms with Crippen LogP contribution in [0.3, 0.4) is 0 Å². The maximum Gasteiger partial charge on any atom is 0.236 e. The molecule has 0 radical (unpaired) electrons. The highest BCUT2D eigenvalue weighted by molar-refractivity contribution is 5.85. The van der Waals surface area contributed by atoms with Gasteiger partial charge in [0.15, 0.2) is 0 Å². The van der Waals surface area contributed by atoms with E-state index in [4.69, 9.17) is 10.5 Å². The number of halogens is 2. The first-order valence-electron chi connectivity index (χ1n) is 7.05. The van der Waals surface area contributed by atoms with Crippen LogP contribution >= 0.6 is 24.8 Å². The van der Waals surface area contributed by atoms with Gasteiger partial charge in [-0.1, -0.05) is 12.1 Å². The van der Waals surface area contributed by atoms with Crippen LogP contribution in [-0.4, -0.2) is 38.2 Å². The number of nitrogens with two attached hydrogens (primary N) is 1. The zero-order valence-corrected chi connectivity index (χ0v) is 14.6. The number of anilines is 1. The zero-order valence-electron chi connectivity index (χ0n) is 13.0. The Bertz CT molecular complexity index is 464. The molecule has 1 heterocycles. The van der Waals surface area contributed by atoms with E-state index in [1.165, 1.54) is 0 Å².